The molecule has 2 rings (SSSR count). The molecule has 1 N–H and O–H groups in total. The Morgan fingerprint density at radius 3 is 2.29 bits per heavy atom. The Balaban J connectivity index is 1.99. The lowest BCUT2D eigenvalue weighted by Crippen LogP contribution is -2.30. The second-order valence-corrected chi connectivity index (χ2v) is 8.81. The number of hydrogen-bond donors (Lipinski definition) is 1. The van der Waals surface area contributed by atoms with Crippen molar-refractivity contribution in [1.29, 1.82) is 0 Å². The summed E-state index contributed by atoms with van der Waals surface area (Å²) in [6.45, 7) is 6.13. The van der Waals surface area contributed by atoms with Crippen LogP contribution in [0.25, 0.3) is 0 Å². The molecule has 6 nitrogen and oxygen atoms in total. The van der Waals surface area contributed by atoms with Crippen LogP contribution in [0.3, 0.4) is 0 Å². The van der Waals surface area contributed by atoms with Crippen molar-refractivity contribution >= 4 is 21.6 Å². The number of ether oxygens (including phenoxy) is 1. The van der Waals surface area contributed by atoms with Crippen LogP contribution in [0.5, 0.6) is 5.75 Å². The number of anilines is 1. The van der Waals surface area contributed by atoms with Crippen molar-refractivity contribution in [2.45, 2.75) is 44.6 Å². The van der Waals surface area contributed by atoms with Gasteiger partial charge in [0.15, 0.2) is 6.10 Å². The summed E-state index contributed by atoms with van der Waals surface area (Å²) in [6.07, 6.45) is 1.04. The van der Waals surface area contributed by atoms with E-state index in [1.165, 1.54) is 16.4 Å². The summed E-state index contributed by atoms with van der Waals surface area (Å²) in [6, 6.07) is 13.6. The van der Waals surface area contributed by atoms with E-state index in [2.05, 4.69) is 5.32 Å². The number of unbranched alkanes of at least 4 members (excludes halogenated alkanes) is 1. The number of nitrogens with one attached hydrogen (secondary N) is 1. The van der Waals surface area contributed by atoms with Gasteiger partial charge in [0.25, 0.3) is 5.91 Å². The van der Waals surface area contributed by atoms with E-state index in [-0.39, 0.29) is 10.8 Å². The van der Waals surface area contributed by atoms with Gasteiger partial charge in [-0.15, -0.1) is 0 Å². The Bertz CT molecular complexity index is 878. The van der Waals surface area contributed by atoms with Gasteiger partial charge in [-0.25, -0.2) is 12.7 Å². The summed E-state index contributed by atoms with van der Waals surface area (Å²) in [5, 5.41) is 2.74. The second-order valence-electron chi connectivity index (χ2n) is 6.77. The summed E-state index contributed by atoms with van der Waals surface area (Å²) in [5.74, 6) is 0.307. The first kappa shape index (κ1) is 21.9. The molecule has 2 aromatic rings. The summed E-state index contributed by atoms with van der Waals surface area (Å²) < 4.78 is 32.0. The minimum atomic E-state index is -3.52. The minimum Gasteiger partial charge on any atom is -0.481 e. The van der Waals surface area contributed by atoms with E-state index in [1.807, 2.05) is 38.1 Å². The molecule has 0 saturated carbocycles. The molecule has 1 amide bonds. The summed E-state index contributed by atoms with van der Waals surface area (Å²) in [7, 11) is -1.95. The predicted molar refractivity (Wildman–Crippen MR) is 111 cm³/mol. The quantitative estimate of drug-likeness (QED) is 0.689. The summed E-state index contributed by atoms with van der Waals surface area (Å²) >= 11 is 0. The van der Waals surface area contributed by atoms with Gasteiger partial charge in [0.05, 0.1) is 4.90 Å². The lowest BCUT2D eigenvalue weighted by molar-refractivity contribution is -0.122. The molecule has 152 valence electrons. The molecular formula is C21H28N2O4S. The molecule has 1 atom stereocenters. The largest absolute Gasteiger partial charge is 0.481 e. The van der Waals surface area contributed by atoms with E-state index >= 15 is 0 Å². The Morgan fingerprint density at radius 1 is 1.11 bits per heavy atom. The number of amides is 1. The molecule has 2 aromatic carbocycles. The molecule has 0 saturated heterocycles. The van der Waals surface area contributed by atoms with Crippen LogP contribution >= 0.6 is 0 Å². The van der Waals surface area contributed by atoms with E-state index in [0.29, 0.717) is 18.0 Å². The van der Waals surface area contributed by atoms with E-state index < -0.39 is 16.1 Å². The first-order chi connectivity index (χ1) is 13.2. The van der Waals surface area contributed by atoms with Gasteiger partial charge in [-0.3, -0.25) is 4.79 Å². The number of benzene rings is 2. The first-order valence-electron chi connectivity index (χ1n) is 9.34. The standard InChI is InChI=1S/C21H28N2O4S/c1-5-6-15-23(4)28(25,26)20-13-9-18(10-14-20)22-21(24)17(3)27-19-11-7-16(2)8-12-19/h7-14,17H,5-6,15H2,1-4H3,(H,22,24). The molecular weight excluding hydrogens is 376 g/mol. The van der Waals surface area contributed by atoms with Gasteiger partial charge in [-0.1, -0.05) is 31.0 Å². The Morgan fingerprint density at radius 2 is 1.71 bits per heavy atom. The van der Waals surface area contributed by atoms with Crippen LogP contribution < -0.4 is 10.1 Å². The minimum absolute atomic E-state index is 0.202. The van der Waals surface area contributed by atoms with Crippen molar-refractivity contribution in [1.82, 2.24) is 4.31 Å². The highest BCUT2D eigenvalue weighted by Crippen LogP contribution is 2.19. The molecule has 0 aromatic heterocycles. The molecule has 0 bridgehead atoms. The zero-order chi connectivity index (χ0) is 20.7. The molecule has 0 aliphatic carbocycles. The van der Waals surface area contributed by atoms with E-state index in [9.17, 15) is 13.2 Å². The first-order valence-corrected chi connectivity index (χ1v) is 10.8. The van der Waals surface area contributed by atoms with Gasteiger partial charge < -0.3 is 10.1 Å². The van der Waals surface area contributed by atoms with Crippen LogP contribution in [-0.4, -0.2) is 38.3 Å². The third kappa shape index (κ3) is 5.81. The summed E-state index contributed by atoms with van der Waals surface area (Å²) in [4.78, 5) is 12.5. The fourth-order valence-corrected chi connectivity index (χ4v) is 3.72. The number of hydrogen-bond acceptors (Lipinski definition) is 4. The average Bonchev–Trinajstić information content (AvgIpc) is 2.68. The number of rotatable bonds is 9. The van der Waals surface area contributed by atoms with Crippen molar-refractivity contribution in [3.05, 3.63) is 54.1 Å². The van der Waals surface area contributed by atoms with Crippen molar-refractivity contribution in [2.24, 2.45) is 0 Å². The Kier molecular flexibility index (Phi) is 7.60. The van der Waals surface area contributed by atoms with Crippen molar-refractivity contribution in [2.75, 3.05) is 18.9 Å². The molecule has 0 spiro atoms. The lowest BCUT2D eigenvalue weighted by atomic mass is 10.2. The second kappa shape index (κ2) is 9.71. The highest BCUT2D eigenvalue weighted by atomic mass is 32.2. The highest BCUT2D eigenvalue weighted by Gasteiger charge is 2.20. The van der Waals surface area contributed by atoms with Crippen molar-refractivity contribution in [3.63, 3.8) is 0 Å². The maximum Gasteiger partial charge on any atom is 0.265 e. The Hall–Kier alpha value is -2.38. The normalized spacial score (nSPS) is 12.6. The maximum atomic E-state index is 12.5. The van der Waals surface area contributed by atoms with Crippen molar-refractivity contribution in [3.8, 4) is 5.75 Å². The SMILES string of the molecule is CCCCN(C)S(=O)(=O)c1ccc(NC(=O)C(C)Oc2ccc(C)cc2)cc1. The van der Waals surface area contributed by atoms with Gasteiger partial charge in [-0.05, 0) is 56.7 Å². The number of aryl methyl sites for hydroxylation is 1. The number of carbonyl (C=O) groups is 1. The maximum absolute atomic E-state index is 12.5. The molecule has 7 heteroatoms. The summed E-state index contributed by atoms with van der Waals surface area (Å²) in [5.41, 5.74) is 1.62. The molecule has 0 aliphatic heterocycles. The van der Waals surface area contributed by atoms with Crippen LogP contribution in [0, 0.1) is 6.92 Å². The topological polar surface area (TPSA) is 75.7 Å². The van der Waals surface area contributed by atoms with Gasteiger partial charge >= 0.3 is 0 Å². The zero-order valence-corrected chi connectivity index (χ0v) is 17.6. The zero-order valence-electron chi connectivity index (χ0n) is 16.8. The third-order valence-corrected chi connectivity index (χ3v) is 6.23. The lowest BCUT2D eigenvalue weighted by Gasteiger charge is -2.17. The fourth-order valence-electron chi connectivity index (χ4n) is 2.51. The molecule has 0 fully saturated rings. The van der Waals surface area contributed by atoms with E-state index in [0.717, 1.165) is 18.4 Å². The number of nitrogens with zero attached hydrogens (tertiary/aromatic N) is 1. The van der Waals surface area contributed by atoms with Gasteiger partial charge in [0.1, 0.15) is 5.75 Å². The number of sulfonamides is 1. The van der Waals surface area contributed by atoms with Crippen LogP contribution in [0.15, 0.2) is 53.4 Å². The van der Waals surface area contributed by atoms with Crippen LogP contribution in [0.2, 0.25) is 0 Å². The monoisotopic (exact) mass is 404 g/mol. The predicted octanol–water partition coefficient (Wildman–Crippen LogP) is 3.82. The van der Waals surface area contributed by atoms with Crippen LogP contribution in [0.4, 0.5) is 5.69 Å². The number of carbonyl (C=O) groups excluding carboxylic acids is 1. The van der Waals surface area contributed by atoms with Crippen molar-refractivity contribution < 1.29 is 17.9 Å². The molecule has 1 unspecified atom stereocenters. The third-order valence-electron chi connectivity index (χ3n) is 4.36. The fraction of sp³-hybridized carbons (Fsp3) is 0.381. The highest BCUT2D eigenvalue weighted by molar-refractivity contribution is 7.89. The average molecular weight is 405 g/mol. The molecule has 28 heavy (non-hydrogen) atoms. The van der Waals surface area contributed by atoms with E-state index in [4.69, 9.17) is 4.74 Å². The molecule has 0 heterocycles. The molecule has 0 radical (unpaired) electrons. The molecule has 0 aliphatic rings. The van der Waals surface area contributed by atoms with Crippen LogP contribution in [0.1, 0.15) is 32.3 Å². The van der Waals surface area contributed by atoms with Gasteiger partial charge in [0, 0.05) is 19.3 Å². The van der Waals surface area contributed by atoms with Gasteiger partial charge in [-0.2, -0.15) is 0 Å². The van der Waals surface area contributed by atoms with E-state index in [1.54, 1.807) is 26.1 Å². The Labute approximate surface area is 167 Å². The smallest absolute Gasteiger partial charge is 0.265 e. The van der Waals surface area contributed by atoms with Gasteiger partial charge in [0.2, 0.25) is 10.0 Å². The van der Waals surface area contributed by atoms with Crippen LogP contribution in [-0.2, 0) is 14.8 Å².